The minimum atomic E-state index is -3.81. The fraction of sp³-hybridized carbons (Fsp3) is 0.211. The van der Waals surface area contributed by atoms with Gasteiger partial charge in [-0.15, -0.1) is 0 Å². The van der Waals surface area contributed by atoms with E-state index in [2.05, 4.69) is 16.4 Å². The number of para-hydroxylation sites is 1. The lowest BCUT2D eigenvalue weighted by atomic mass is 10.1. The zero-order valence-electron chi connectivity index (χ0n) is 14.5. The summed E-state index contributed by atoms with van der Waals surface area (Å²) in [7, 11) is -3.81. The van der Waals surface area contributed by atoms with E-state index in [4.69, 9.17) is 5.14 Å². The molecule has 26 heavy (non-hydrogen) atoms. The van der Waals surface area contributed by atoms with Crippen molar-refractivity contribution in [3.05, 3.63) is 59.8 Å². The molecule has 0 aliphatic carbocycles. The second-order valence-corrected chi connectivity index (χ2v) is 7.82. The summed E-state index contributed by atoms with van der Waals surface area (Å²) in [5, 5.41) is 9.10. The van der Waals surface area contributed by atoms with Crippen molar-refractivity contribution in [2.45, 2.75) is 31.1 Å². The Morgan fingerprint density at radius 1 is 1.19 bits per heavy atom. The zero-order valence-corrected chi connectivity index (χ0v) is 15.3. The SMILES string of the molecule is Cc1ccc(NC(=O)CCCc2c[nH]c3ccccc23)cc1S(N)(=O)=O. The van der Waals surface area contributed by atoms with Gasteiger partial charge in [0.1, 0.15) is 0 Å². The Kier molecular flexibility index (Phi) is 5.11. The number of H-pyrrole nitrogens is 1. The van der Waals surface area contributed by atoms with Gasteiger partial charge < -0.3 is 10.3 Å². The summed E-state index contributed by atoms with van der Waals surface area (Å²) in [4.78, 5) is 15.4. The Morgan fingerprint density at radius 3 is 2.73 bits per heavy atom. The number of hydrogen-bond donors (Lipinski definition) is 3. The number of benzene rings is 2. The van der Waals surface area contributed by atoms with Crippen molar-refractivity contribution >= 4 is 32.5 Å². The number of hydrogen-bond acceptors (Lipinski definition) is 3. The van der Waals surface area contributed by atoms with Crippen LogP contribution in [0.1, 0.15) is 24.0 Å². The van der Waals surface area contributed by atoms with E-state index < -0.39 is 10.0 Å². The van der Waals surface area contributed by atoms with Gasteiger partial charge in [-0.25, -0.2) is 13.6 Å². The van der Waals surface area contributed by atoms with E-state index in [9.17, 15) is 13.2 Å². The van der Waals surface area contributed by atoms with Gasteiger partial charge in [0.05, 0.1) is 4.90 Å². The summed E-state index contributed by atoms with van der Waals surface area (Å²) >= 11 is 0. The Bertz CT molecular complexity index is 1050. The smallest absolute Gasteiger partial charge is 0.238 e. The maximum Gasteiger partial charge on any atom is 0.238 e. The molecule has 0 aliphatic heterocycles. The van der Waals surface area contributed by atoms with Gasteiger partial charge in [-0.05, 0) is 49.1 Å². The lowest BCUT2D eigenvalue weighted by molar-refractivity contribution is -0.116. The van der Waals surface area contributed by atoms with Crippen LogP contribution < -0.4 is 10.5 Å². The fourth-order valence-electron chi connectivity index (χ4n) is 2.99. The van der Waals surface area contributed by atoms with Crippen LogP contribution in [-0.4, -0.2) is 19.3 Å². The van der Waals surface area contributed by atoms with Gasteiger partial charge in [-0.1, -0.05) is 24.3 Å². The maximum atomic E-state index is 12.2. The van der Waals surface area contributed by atoms with Crippen LogP contribution in [0.3, 0.4) is 0 Å². The first-order valence-corrected chi connectivity index (χ1v) is 9.87. The van der Waals surface area contributed by atoms with Crippen molar-refractivity contribution < 1.29 is 13.2 Å². The number of aryl methyl sites for hydroxylation is 2. The van der Waals surface area contributed by atoms with E-state index in [1.54, 1.807) is 19.1 Å². The highest BCUT2D eigenvalue weighted by Gasteiger charge is 2.13. The zero-order chi connectivity index (χ0) is 18.7. The van der Waals surface area contributed by atoms with Crippen molar-refractivity contribution in [1.82, 2.24) is 4.98 Å². The average molecular weight is 371 g/mol. The van der Waals surface area contributed by atoms with Crippen molar-refractivity contribution in [1.29, 1.82) is 0 Å². The van der Waals surface area contributed by atoms with Gasteiger partial charge in [0.2, 0.25) is 15.9 Å². The van der Waals surface area contributed by atoms with E-state index in [0.29, 0.717) is 24.1 Å². The summed E-state index contributed by atoms with van der Waals surface area (Å²) in [5.41, 5.74) is 3.24. The largest absolute Gasteiger partial charge is 0.361 e. The predicted octanol–water partition coefficient (Wildman–Crippen LogP) is 3.09. The molecule has 0 unspecified atom stereocenters. The quantitative estimate of drug-likeness (QED) is 0.620. The third-order valence-electron chi connectivity index (χ3n) is 4.30. The number of carbonyl (C=O) groups excluding carboxylic acids is 1. The molecule has 4 N–H and O–H groups in total. The van der Waals surface area contributed by atoms with E-state index in [0.717, 1.165) is 11.9 Å². The topological polar surface area (TPSA) is 105 Å². The van der Waals surface area contributed by atoms with Gasteiger partial charge >= 0.3 is 0 Å². The first-order valence-electron chi connectivity index (χ1n) is 8.33. The molecule has 7 heteroatoms. The summed E-state index contributed by atoms with van der Waals surface area (Å²) in [5.74, 6) is -0.158. The number of aromatic amines is 1. The number of fused-ring (bicyclic) bond motifs is 1. The summed E-state index contributed by atoms with van der Waals surface area (Å²) in [6, 6.07) is 12.7. The molecule has 1 heterocycles. The molecule has 0 aliphatic rings. The van der Waals surface area contributed by atoms with E-state index in [1.807, 2.05) is 24.4 Å². The number of carbonyl (C=O) groups is 1. The Morgan fingerprint density at radius 2 is 1.96 bits per heavy atom. The van der Waals surface area contributed by atoms with Crippen molar-refractivity contribution in [3.63, 3.8) is 0 Å². The first-order chi connectivity index (χ1) is 12.3. The van der Waals surface area contributed by atoms with Crippen molar-refractivity contribution in [3.8, 4) is 0 Å². The molecule has 0 spiro atoms. The molecule has 0 bridgehead atoms. The third-order valence-corrected chi connectivity index (χ3v) is 5.36. The second-order valence-electron chi connectivity index (χ2n) is 6.29. The first kappa shape index (κ1) is 18.2. The highest BCUT2D eigenvalue weighted by molar-refractivity contribution is 7.89. The van der Waals surface area contributed by atoms with E-state index in [-0.39, 0.29) is 10.8 Å². The standard InChI is InChI=1S/C19H21N3O3S/c1-13-9-10-15(11-18(13)26(20,24)25)22-19(23)8-4-5-14-12-21-17-7-3-2-6-16(14)17/h2-3,6-7,9-12,21H,4-5,8H2,1H3,(H,22,23)(H2,20,24,25). The van der Waals surface area contributed by atoms with Crippen LogP contribution in [0.15, 0.2) is 53.6 Å². The number of anilines is 1. The van der Waals surface area contributed by atoms with E-state index >= 15 is 0 Å². The van der Waals surface area contributed by atoms with E-state index in [1.165, 1.54) is 17.0 Å². The molecule has 1 amide bonds. The maximum absolute atomic E-state index is 12.2. The minimum absolute atomic E-state index is 0.0223. The normalized spacial score (nSPS) is 11.6. The average Bonchev–Trinajstić information content (AvgIpc) is 2.99. The van der Waals surface area contributed by atoms with Crippen molar-refractivity contribution in [2.24, 2.45) is 5.14 Å². The highest BCUT2D eigenvalue weighted by atomic mass is 32.2. The number of aromatic nitrogens is 1. The summed E-state index contributed by atoms with van der Waals surface area (Å²) in [6.45, 7) is 1.66. The summed E-state index contributed by atoms with van der Waals surface area (Å²) < 4.78 is 23.1. The molecule has 3 rings (SSSR count). The number of amides is 1. The molecular formula is C19H21N3O3S. The molecule has 1 aromatic heterocycles. The summed E-state index contributed by atoms with van der Waals surface area (Å²) in [6.07, 6.45) is 3.80. The van der Waals surface area contributed by atoms with Crippen LogP contribution in [0, 0.1) is 6.92 Å². The number of primary sulfonamides is 1. The Labute approximate surface area is 152 Å². The van der Waals surface area contributed by atoms with Gasteiger partial charge in [0, 0.05) is 29.2 Å². The van der Waals surface area contributed by atoms with Crippen LogP contribution in [0.2, 0.25) is 0 Å². The van der Waals surface area contributed by atoms with Gasteiger partial charge in [-0.3, -0.25) is 4.79 Å². The van der Waals surface area contributed by atoms with Crippen LogP contribution in [0.4, 0.5) is 5.69 Å². The molecule has 0 saturated heterocycles. The monoisotopic (exact) mass is 371 g/mol. The Balaban J connectivity index is 1.59. The molecule has 0 radical (unpaired) electrons. The fourth-order valence-corrected chi connectivity index (χ4v) is 3.79. The molecule has 2 aromatic carbocycles. The highest BCUT2D eigenvalue weighted by Crippen LogP contribution is 2.21. The van der Waals surface area contributed by atoms with Crippen LogP contribution in [0.25, 0.3) is 10.9 Å². The Hall–Kier alpha value is -2.64. The second kappa shape index (κ2) is 7.31. The van der Waals surface area contributed by atoms with Gasteiger partial charge in [0.25, 0.3) is 0 Å². The van der Waals surface area contributed by atoms with Crippen LogP contribution in [-0.2, 0) is 21.2 Å². The number of nitrogens with two attached hydrogens (primary N) is 1. The molecule has 0 fully saturated rings. The predicted molar refractivity (Wildman–Crippen MR) is 102 cm³/mol. The molecule has 6 nitrogen and oxygen atoms in total. The number of rotatable bonds is 6. The van der Waals surface area contributed by atoms with Gasteiger partial charge in [0.15, 0.2) is 0 Å². The van der Waals surface area contributed by atoms with Crippen molar-refractivity contribution in [2.75, 3.05) is 5.32 Å². The van der Waals surface area contributed by atoms with Crippen LogP contribution in [0.5, 0.6) is 0 Å². The molecule has 3 aromatic rings. The third kappa shape index (κ3) is 4.12. The lowest BCUT2D eigenvalue weighted by Crippen LogP contribution is -2.16. The van der Waals surface area contributed by atoms with Gasteiger partial charge in [-0.2, -0.15) is 0 Å². The number of sulfonamides is 1. The number of nitrogens with one attached hydrogen (secondary N) is 2. The molecule has 0 saturated carbocycles. The minimum Gasteiger partial charge on any atom is -0.361 e. The molecule has 136 valence electrons. The van der Waals surface area contributed by atoms with Crippen LogP contribution >= 0.6 is 0 Å². The molecule has 0 atom stereocenters. The molecular weight excluding hydrogens is 350 g/mol. The lowest BCUT2D eigenvalue weighted by Gasteiger charge is -2.09.